The summed E-state index contributed by atoms with van der Waals surface area (Å²) >= 11 is 0. The van der Waals surface area contributed by atoms with E-state index in [0.29, 0.717) is 22.7 Å². The molecule has 11 heteroatoms. The predicted molar refractivity (Wildman–Crippen MR) is 124 cm³/mol. The van der Waals surface area contributed by atoms with Gasteiger partial charge in [-0.1, -0.05) is 12.1 Å². The van der Waals surface area contributed by atoms with Gasteiger partial charge in [-0.3, -0.25) is 0 Å². The third kappa shape index (κ3) is 5.01. The van der Waals surface area contributed by atoms with Crippen LogP contribution in [-0.2, 0) is 25.7 Å². The lowest BCUT2D eigenvalue weighted by atomic mass is 9.92. The van der Waals surface area contributed by atoms with Crippen LogP contribution in [-0.4, -0.2) is 34.8 Å². The van der Waals surface area contributed by atoms with E-state index < -0.39 is 31.0 Å². The number of fused-ring (bicyclic) bond motifs is 3. The summed E-state index contributed by atoms with van der Waals surface area (Å²) in [7, 11) is -7.34. The topological polar surface area (TPSA) is 119 Å². The molecule has 3 N–H and O–H groups in total. The molecule has 3 atom stereocenters. The van der Waals surface area contributed by atoms with E-state index in [1.807, 2.05) is 4.90 Å². The Hall–Kier alpha value is -2.21. The van der Waals surface area contributed by atoms with Gasteiger partial charge in [-0.15, -0.1) is 0 Å². The van der Waals surface area contributed by atoms with Gasteiger partial charge in [-0.05, 0) is 69.4 Å². The van der Waals surface area contributed by atoms with Crippen LogP contribution in [0.3, 0.4) is 0 Å². The van der Waals surface area contributed by atoms with Crippen molar-refractivity contribution in [1.82, 2.24) is 4.72 Å². The quantitative estimate of drug-likeness (QED) is 0.606. The first-order valence-electron chi connectivity index (χ1n) is 10.8. The zero-order valence-corrected chi connectivity index (χ0v) is 20.1. The zero-order chi connectivity index (χ0) is 24.0. The number of sulfonamides is 2. The largest absolute Gasteiger partial charge is 0.457 e. The lowest BCUT2D eigenvalue weighted by Gasteiger charge is -2.33. The highest BCUT2D eigenvalue weighted by Gasteiger charge is 2.38. The molecule has 0 aliphatic carbocycles. The summed E-state index contributed by atoms with van der Waals surface area (Å²) in [6.07, 6.45) is 1.59. The number of primary sulfonamides is 1. The fraction of sp³-hybridized carbons (Fsp3) is 0.455. The van der Waals surface area contributed by atoms with Gasteiger partial charge in [0.15, 0.2) is 0 Å². The number of hydrogen-bond donors (Lipinski definition) is 2. The van der Waals surface area contributed by atoms with Gasteiger partial charge in [-0.2, -0.15) is 4.72 Å². The summed E-state index contributed by atoms with van der Waals surface area (Å²) < 4.78 is 71.8. The Bertz CT molecular complexity index is 1250. The van der Waals surface area contributed by atoms with Crippen molar-refractivity contribution in [3.63, 3.8) is 0 Å². The third-order valence-electron chi connectivity index (χ3n) is 6.35. The summed E-state index contributed by atoms with van der Waals surface area (Å²) in [5.74, 6) is 0.780. The third-order valence-corrected chi connectivity index (χ3v) is 9.19. The van der Waals surface area contributed by atoms with Gasteiger partial charge in [0.1, 0.15) is 22.1 Å². The van der Waals surface area contributed by atoms with Gasteiger partial charge in [0, 0.05) is 12.6 Å². The Kier molecular flexibility index (Phi) is 6.19. The van der Waals surface area contributed by atoms with E-state index in [1.54, 1.807) is 36.4 Å². The standard InChI is InChI=1S/C22H28FN3O5S2/c1-15(32(24,27)28)11-12-22(2,23)16-5-7-17(8-6-16)31-18-9-10-19-20(14-18)33(29,30)25-21-4-3-13-26(19)21/h5-10,14-15,21,25H,3-4,11-13H2,1-2H3,(H2,24,27,28). The highest BCUT2D eigenvalue weighted by Crippen LogP contribution is 2.39. The molecular weight excluding hydrogens is 469 g/mol. The van der Waals surface area contributed by atoms with E-state index in [1.165, 1.54) is 19.9 Å². The Labute approximate surface area is 194 Å². The van der Waals surface area contributed by atoms with Crippen LogP contribution in [0.1, 0.15) is 45.1 Å². The molecular formula is C22H28FN3O5S2. The molecule has 1 fully saturated rings. The Morgan fingerprint density at radius 3 is 2.58 bits per heavy atom. The molecule has 0 amide bonds. The number of anilines is 1. The van der Waals surface area contributed by atoms with Crippen LogP contribution in [0.4, 0.5) is 10.1 Å². The van der Waals surface area contributed by atoms with Crippen LogP contribution in [0.15, 0.2) is 47.4 Å². The SMILES string of the molecule is CC(CCC(C)(F)c1ccc(Oc2ccc3c(c2)S(=O)(=O)NC2CCCN32)cc1)S(N)(=O)=O. The van der Waals surface area contributed by atoms with Crippen molar-refractivity contribution in [2.45, 2.75) is 61.5 Å². The van der Waals surface area contributed by atoms with E-state index in [2.05, 4.69) is 4.72 Å². The molecule has 2 aliphatic rings. The first kappa shape index (κ1) is 23.9. The molecule has 0 radical (unpaired) electrons. The van der Waals surface area contributed by atoms with Crippen molar-refractivity contribution in [2.75, 3.05) is 11.4 Å². The number of ether oxygens (including phenoxy) is 1. The second-order valence-corrected chi connectivity index (χ2v) is 12.5. The van der Waals surface area contributed by atoms with Gasteiger partial charge < -0.3 is 9.64 Å². The minimum atomic E-state index is -3.71. The van der Waals surface area contributed by atoms with Crippen molar-refractivity contribution < 1.29 is 26.0 Å². The summed E-state index contributed by atoms with van der Waals surface area (Å²) in [5.41, 5.74) is -0.690. The minimum absolute atomic E-state index is 0.00201. The average molecular weight is 498 g/mol. The Balaban J connectivity index is 1.49. The maximum atomic E-state index is 15.2. The van der Waals surface area contributed by atoms with Crippen LogP contribution in [0.25, 0.3) is 0 Å². The molecule has 8 nitrogen and oxygen atoms in total. The number of alkyl halides is 1. The van der Waals surface area contributed by atoms with E-state index >= 15 is 4.39 Å². The highest BCUT2D eigenvalue weighted by atomic mass is 32.2. The average Bonchev–Trinajstić information content (AvgIpc) is 3.19. The molecule has 33 heavy (non-hydrogen) atoms. The molecule has 0 spiro atoms. The molecule has 2 aromatic rings. The lowest BCUT2D eigenvalue weighted by Crippen LogP contribution is -2.48. The molecule has 0 bridgehead atoms. The molecule has 2 aromatic carbocycles. The molecule has 0 aromatic heterocycles. The monoisotopic (exact) mass is 497 g/mol. The number of hydrogen-bond acceptors (Lipinski definition) is 6. The normalized spacial score (nSPS) is 22.2. The number of nitrogens with one attached hydrogen (secondary N) is 1. The minimum Gasteiger partial charge on any atom is -0.457 e. The van der Waals surface area contributed by atoms with Crippen LogP contribution in [0, 0.1) is 0 Å². The van der Waals surface area contributed by atoms with Crippen LogP contribution >= 0.6 is 0 Å². The Morgan fingerprint density at radius 2 is 1.91 bits per heavy atom. The van der Waals surface area contributed by atoms with Gasteiger partial charge in [0.25, 0.3) is 0 Å². The fourth-order valence-electron chi connectivity index (χ4n) is 4.22. The maximum Gasteiger partial charge on any atom is 0.244 e. The summed E-state index contributed by atoms with van der Waals surface area (Å²) in [4.78, 5) is 2.23. The molecule has 2 aliphatic heterocycles. The zero-order valence-electron chi connectivity index (χ0n) is 18.5. The summed E-state index contributed by atoms with van der Waals surface area (Å²) in [6.45, 7) is 3.64. The second-order valence-electron chi connectivity index (χ2n) is 8.86. The number of rotatable bonds is 7. The van der Waals surface area contributed by atoms with Crippen LogP contribution in [0.5, 0.6) is 11.5 Å². The molecule has 180 valence electrons. The fourth-order valence-corrected chi connectivity index (χ4v) is 6.13. The number of halogens is 1. The van der Waals surface area contributed by atoms with Gasteiger partial charge >= 0.3 is 0 Å². The van der Waals surface area contributed by atoms with Crippen molar-refractivity contribution in [3.8, 4) is 11.5 Å². The number of nitrogens with two attached hydrogens (primary N) is 1. The Morgan fingerprint density at radius 1 is 1.24 bits per heavy atom. The molecule has 1 saturated heterocycles. The van der Waals surface area contributed by atoms with E-state index in [-0.39, 0.29) is 23.9 Å². The first-order valence-corrected chi connectivity index (χ1v) is 13.9. The van der Waals surface area contributed by atoms with Gasteiger partial charge in [0.2, 0.25) is 20.0 Å². The van der Waals surface area contributed by atoms with Crippen molar-refractivity contribution in [2.24, 2.45) is 5.14 Å². The number of benzene rings is 2. The smallest absolute Gasteiger partial charge is 0.244 e. The predicted octanol–water partition coefficient (Wildman–Crippen LogP) is 3.34. The summed E-state index contributed by atoms with van der Waals surface area (Å²) in [5, 5.41) is 4.28. The first-order chi connectivity index (χ1) is 15.4. The van der Waals surface area contributed by atoms with E-state index in [9.17, 15) is 16.8 Å². The number of nitrogens with zero attached hydrogens (tertiary/aromatic N) is 1. The van der Waals surface area contributed by atoms with Crippen LogP contribution < -0.4 is 19.5 Å². The maximum absolute atomic E-state index is 15.2. The lowest BCUT2D eigenvalue weighted by molar-refractivity contribution is 0.172. The molecule has 2 heterocycles. The highest BCUT2D eigenvalue weighted by molar-refractivity contribution is 7.90. The second kappa shape index (κ2) is 8.53. The van der Waals surface area contributed by atoms with E-state index in [4.69, 9.17) is 9.88 Å². The molecule has 3 unspecified atom stereocenters. The van der Waals surface area contributed by atoms with Crippen molar-refractivity contribution >= 4 is 25.7 Å². The molecule has 4 rings (SSSR count). The van der Waals surface area contributed by atoms with Crippen molar-refractivity contribution in [1.29, 1.82) is 0 Å². The van der Waals surface area contributed by atoms with Gasteiger partial charge in [0.05, 0.1) is 17.1 Å². The van der Waals surface area contributed by atoms with E-state index in [0.717, 1.165) is 19.4 Å². The summed E-state index contributed by atoms with van der Waals surface area (Å²) in [6, 6.07) is 11.3. The van der Waals surface area contributed by atoms with Crippen molar-refractivity contribution in [3.05, 3.63) is 48.0 Å². The van der Waals surface area contributed by atoms with Gasteiger partial charge in [-0.25, -0.2) is 26.4 Å². The van der Waals surface area contributed by atoms with Crippen LogP contribution in [0.2, 0.25) is 0 Å². The molecule has 0 saturated carbocycles.